The topological polar surface area (TPSA) is 132 Å². The molecule has 0 saturated carbocycles. The third-order valence-corrected chi connectivity index (χ3v) is 4.90. The Hall–Kier alpha value is -2.13. The van der Waals surface area contributed by atoms with Crippen LogP contribution in [0.3, 0.4) is 0 Å². The highest BCUT2D eigenvalue weighted by Crippen LogP contribution is 2.21. The van der Waals surface area contributed by atoms with E-state index in [9.17, 15) is 18.0 Å². The fourth-order valence-corrected chi connectivity index (χ4v) is 3.75. The van der Waals surface area contributed by atoms with Gasteiger partial charge in [-0.1, -0.05) is 13.8 Å². The average Bonchev–Trinajstić information content (AvgIpc) is 2.73. The van der Waals surface area contributed by atoms with Gasteiger partial charge in [0.1, 0.15) is 6.04 Å². The Labute approximate surface area is 126 Å². The van der Waals surface area contributed by atoms with Gasteiger partial charge >= 0.3 is 11.7 Å². The molecule has 0 fully saturated rings. The lowest BCUT2D eigenvalue weighted by Crippen LogP contribution is -2.44. The molecule has 9 heteroatoms. The van der Waals surface area contributed by atoms with Crippen LogP contribution >= 0.6 is 0 Å². The molecule has 1 atom stereocenters. The summed E-state index contributed by atoms with van der Waals surface area (Å²) >= 11 is 0. The fourth-order valence-electron chi connectivity index (χ4n) is 2.16. The van der Waals surface area contributed by atoms with Gasteiger partial charge < -0.3 is 15.1 Å². The highest BCUT2D eigenvalue weighted by molar-refractivity contribution is 7.89. The van der Waals surface area contributed by atoms with Crippen LogP contribution in [0.15, 0.2) is 21.8 Å². The fraction of sp³-hybridized carbons (Fsp3) is 0.385. The number of sulfonamides is 1. The number of H-pyrrole nitrogens is 2. The molecule has 4 N–H and O–H groups in total. The van der Waals surface area contributed by atoms with Gasteiger partial charge in [0.05, 0.1) is 15.9 Å². The first-order valence-electron chi connectivity index (χ1n) is 6.59. The van der Waals surface area contributed by atoms with Gasteiger partial charge in [-0.25, -0.2) is 13.2 Å². The van der Waals surface area contributed by atoms with E-state index in [1.807, 2.05) is 0 Å². The molecule has 1 aromatic carbocycles. The Kier molecular flexibility index (Phi) is 4.12. The van der Waals surface area contributed by atoms with E-state index < -0.39 is 33.6 Å². The summed E-state index contributed by atoms with van der Waals surface area (Å²) < 4.78 is 27.1. The van der Waals surface area contributed by atoms with E-state index in [4.69, 9.17) is 5.11 Å². The maximum absolute atomic E-state index is 12.4. The number of hydrogen-bond acceptors (Lipinski definition) is 4. The van der Waals surface area contributed by atoms with Crippen LogP contribution in [-0.4, -0.2) is 35.5 Å². The summed E-state index contributed by atoms with van der Waals surface area (Å²) in [6.45, 7) is 4.80. The summed E-state index contributed by atoms with van der Waals surface area (Å²) in [7, 11) is -4.03. The second-order valence-electron chi connectivity index (χ2n) is 5.42. The van der Waals surface area contributed by atoms with Crippen LogP contribution in [0, 0.1) is 12.8 Å². The summed E-state index contributed by atoms with van der Waals surface area (Å²) in [4.78, 5) is 27.4. The van der Waals surface area contributed by atoms with Gasteiger partial charge in [-0.15, -0.1) is 0 Å². The lowest BCUT2D eigenvalue weighted by molar-refractivity contribution is -0.140. The highest BCUT2D eigenvalue weighted by Gasteiger charge is 2.29. The minimum atomic E-state index is -4.03. The normalized spacial score (nSPS) is 13.6. The van der Waals surface area contributed by atoms with Gasteiger partial charge in [0, 0.05) is 0 Å². The number of carboxylic acid groups (broad SMARTS) is 1. The Morgan fingerprint density at radius 3 is 2.27 bits per heavy atom. The van der Waals surface area contributed by atoms with Gasteiger partial charge in [0.2, 0.25) is 10.0 Å². The predicted octanol–water partition coefficient (Wildman–Crippen LogP) is 0.552. The molecule has 0 amide bonds. The first kappa shape index (κ1) is 16.2. The highest BCUT2D eigenvalue weighted by atomic mass is 32.2. The number of aromatic nitrogens is 2. The van der Waals surface area contributed by atoms with Crippen molar-refractivity contribution in [2.75, 3.05) is 0 Å². The Morgan fingerprint density at radius 2 is 1.77 bits per heavy atom. The molecule has 0 spiro atoms. The van der Waals surface area contributed by atoms with Gasteiger partial charge in [0.25, 0.3) is 0 Å². The summed E-state index contributed by atoms with van der Waals surface area (Å²) in [6.07, 6.45) is 0. The minimum Gasteiger partial charge on any atom is -0.480 e. The lowest BCUT2D eigenvalue weighted by Gasteiger charge is -2.18. The number of aryl methyl sites for hydroxylation is 1. The number of carbonyl (C=O) groups is 1. The monoisotopic (exact) mass is 327 g/mol. The van der Waals surface area contributed by atoms with Crippen molar-refractivity contribution in [2.45, 2.75) is 31.7 Å². The Bertz CT molecular complexity index is 879. The second kappa shape index (κ2) is 5.58. The summed E-state index contributed by atoms with van der Waals surface area (Å²) in [5.74, 6) is -1.66. The quantitative estimate of drug-likeness (QED) is 0.637. The number of fused-ring (bicyclic) bond motifs is 1. The number of hydrogen-bond donors (Lipinski definition) is 4. The molecule has 0 bridgehead atoms. The molecule has 1 unspecified atom stereocenters. The van der Waals surface area contributed by atoms with Crippen LogP contribution in [0.5, 0.6) is 0 Å². The van der Waals surface area contributed by atoms with Gasteiger partial charge in [-0.05, 0) is 30.5 Å². The number of aromatic amines is 2. The van der Waals surface area contributed by atoms with E-state index in [0.717, 1.165) is 0 Å². The van der Waals surface area contributed by atoms with Crippen LogP contribution in [0.25, 0.3) is 11.0 Å². The van der Waals surface area contributed by atoms with Gasteiger partial charge in [-0.3, -0.25) is 4.79 Å². The molecule has 22 heavy (non-hydrogen) atoms. The summed E-state index contributed by atoms with van der Waals surface area (Å²) in [5.41, 5.74) is 0.790. The summed E-state index contributed by atoms with van der Waals surface area (Å²) in [5, 5.41) is 9.12. The van der Waals surface area contributed by atoms with Crippen LogP contribution in [0.1, 0.15) is 19.4 Å². The Balaban J connectivity index is 2.51. The van der Waals surface area contributed by atoms with E-state index in [2.05, 4.69) is 14.7 Å². The molecule has 0 aliphatic carbocycles. The van der Waals surface area contributed by atoms with Crippen LogP contribution < -0.4 is 10.4 Å². The first-order chi connectivity index (χ1) is 10.1. The molecule has 1 heterocycles. The maximum Gasteiger partial charge on any atom is 0.323 e. The number of aliphatic carboxylic acids is 1. The molecule has 2 rings (SSSR count). The van der Waals surface area contributed by atoms with E-state index in [1.165, 1.54) is 12.1 Å². The molecular formula is C13H17N3O5S. The molecule has 0 aliphatic rings. The van der Waals surface area contributed by atoms with E-state index in [1.54, 1.807) is 20.8 Å². The Morgan fingerprint density at radius 1 is 1.23 bits per heavy atom. The van der Waals surface area contributed by atoms with Crippen molar-refractivity contribution in [3.05, 3.63) is 28.2 Å². The molecule has 1 aromatic heterocycles. The average molecular weight is 327 g/mol. The zero-order valence-electron chi connectivity index (χ0n) is 12.3. The van der Waals surface area contributed by atoms with Crippen molar-refractivity contribution in [1.29, 1.82) is 0 Å². The smallest absolute Gasteiger partial charge is 0.323 e. The second-order valence-corrected chi connectivity index (χ2v) is 7.11. The molecule has 120 valence electrons. The molecule has 0 radical (unpaired) electrons. The lowest BCUT2D eigenvalue weighted by atomic mass is 10.1. The van der Waals surface area contributed by atoms with Crippen molar-refractivity contribution < 1.29 is 18.3 Å². The largest absolute Gasteiger partial charge is 0.480 e. The van der Waals surface area contributed by atoms with Crippen molar-refractivity contribution >= 4 is 27.0 Å². The molecule has 0 aliphatic heterocycles. The number of rotatable bonds is 5. The number of imidazole rings is 1. The van der Waals surface area contributed by atoms with Crippen molar-refractivity contribution in [3.63, 3.8) is 0 Å². The first-order valence-corrected chi connectivity index (χ1v) is 8.08. The minimum absolute atomic E-state index is 0.0675. The molecule has 8 nitrogen and oxygen atoms in total. The van der Waals surface area contributed by atoms with Crippen LogP contribution in [0.4, 0.5) is 0 Å². The van der Waals surface area contributed by atoms with E-state index >= 15 is 0 Å². The zero-order valence-corrected chi connectivity index (χ0v) is 13.1. The number of benzene rings is 1. The zero-order chi connectivity index (χ0) is 16.7. The molecule has 0 saturated heterocycles. The van der Waals surface area contributed by atoms with E-state index in [-0.39, 0.29) is 4.90 Å². The third kappa shape index (κ3) is 3.04. The number of carboxylic acids is 1. The third-order valence-electron chi connectivity index (χ3n) is 3.32. The van der Waals surface area contributed by atoms with Crippen LogP contribution in [-0.2, 0) is 14.8 Å². The number of nitrogens with one attached hydrogen (secondary N) is 3. The van der Waals surface area contributed by atoms with Crippen LogP contribution in [0.2, 0.25) is 0 Å². The van der Waals surface area contributed by atoms with Gasteiger partial charge in [-0.2, -0.15) is 4.72 Å². The van der Waals surface area contributed by atoms with Crippen molar-refractivity contribution in [2.24, 2.45) is 5.92 Å². The maximum atomic E-state index is 12.4. The summed E-state index contributed by atoms with van der Waals surface area (Å²) in [6, 6.07) is 1.60. The van der Waals surface area contributed by atoms with Gasteiger partial charge in [0.15, 0.2) is 0 Å². The predicted molar refractivity (Wildman–Crippen MR) is 80.2 cm³/mol. The van der Waals surface area contributed by atoms with Crippen molar-refractivity contribution in [3.8, 4) is 0 Å². The molecule has 2 aromatic rings. The van der Waals surface area contributed by atoms with Crippen molar-refractivity contribution in [1.82, 2.24) is 14.7 Å². The van der Waals surface area contributed by atoms with E-state index in [0.29, 0.717) is 16.6 Å². The SMILES string of the molecule is Cc1cc2[nH]c(=O)[nH]c2cc1S(=O)(=O)NC(C(=O)O)C(C)C. The standard InChI is InChI=1S/C13H17N3O5S/c1-6(2)11(12(17)18)16-22(20,21)10-5-9-8(4-7(10)3)14-13(19)15-9/h4-6,11,16H,1-3H3,(H,17,18)(H2,14,15,19). The molecular weight excluding hydrogens is 310 g/mol.